The molecule has 0 aliphatic carbocycles. The molecule has 2 rings (SSSR count). The Morgan fingerprint density at radius 3 is 3.07 bits per heavy atom. The predicted molar refractivity (Wildman–Crippen MR) is 60.7 cm³/mol. The minimum absolute atomic E-state index is 0.163. The minimum atomic E-state index is -0.163. The van der Waals surface area contributed by atoms with Crippen LogP contribution in [0.15, 0.2) is 35.6 Å². The molecule has 0 amide bonds. The number of benzene rings is 1. The van der Waals surface area contributed by atoms with Gasteiger partial charge in [-0.2, -0.15) is 0 Å². The lowest BCUT2D eigenvalue weighted by molar-refractivity contribution is 0.996. The van der Waals surface area contributed by atoms with Crippen molar-refractivity contribution in [3.8, 4) is 0 Å². The minimum Gasteiger partial charge on any atom is -0.399 e. The van der Waals surface area contributed by atoms with Gasteiger partial charge in [-0.05, 0) is 18.2 Å². The van der Waals surface area contributed by atoms with Crippen molar-refractivity contribution < 1.29 is 0 Å². The maximum absolute atomic E-state index is 11.6. The first kappa shape index (κ1) is 9.45. The number of anilines is 1. The number of H-pyrrole nitrogens is 1. The number of aromatic nitrogens is 2. The Bertz CT molecular complexity index is 572. The van der Waals surface area contributed by atoms with Gasteiger partial charge in [-0.25, -0.2) is 4.98 Å². The molecule has 2 aromatic rings. The van der Waals surface area contributed by atoms with Gasteiger partial charge < -0.3 is 10.7 Å². The van der Waals surface area contributed by atoms with Crippen molar-refractivity contribution in [1.82, 2.24) is 9.97 Å². The normalized spacial score (nSPS) is 10.4. The number of nitrogen functional groups attached to an aromatic ring is 1. The number of hydrogen-bond donors (Lipinski definition) is 2. The summed E-state index contributed by atoms with van der Waals surface area (Å²) < 4.78 is 0. The van der Waals surface area contributed by atoms with Gasteiger partial charge in [0.1, 0.15) is 5.82 Å². The Morgan fingerprint density at radius 2 is 2.33 bits per heavy atom. The number of rotatable bonds is 2. The van der Waals surface area contributed by atoms with Crippen molar-refractivity contribution in [2.75, 3.05) is 5.73 Å². The zero-order chi connectivity index (χ0) is 10.8. The summed E-state index contributed by atoms with van der Waals surface area (Å²) in [4.78, 5) is 18.6. The van der Waals surface area contributed by atoms with E-state index in [0.717, 1.165) is 0 Å². The summed E-state index contributed by atoms with van der Waals surface area (Å²) in [6, 6.07) is 5.10. The maximum Gasteiger partial charge on any atom is 0.258 e. The predicted octanol–water partition coefficient (Wildman–Crippen LogP) is 1.23. The molecular weight excluding hydrogens is 190 g/mol. The second-order valence-corrected chi connectivity index (χ2v) is 3.28. The fourth-order valence-corrected chi connectivity index (χ4v) is 1.44. The van der Waals surface area contributed by atoms with Crippen molar-refractivity contribution in [2.45, 2.75) is 6.42 Å². The summed E-state index contributed by atoms with van der Waals surface area (Å²) in [5.74, 6) is 0.618. The van der Waals surface area contributed by atoms with Crippen LogP contribution in [-0.4, -0.2) is 9.97 Å². The Kier molecular flexibility index (Phi) is 2.25. The molecule has 1 aromatic carbocycles. The highest BCUT2D eigenvalue weighted by molar-refractivity contribution is 5.80. The van der Waals surface area contributed by atoms with Gasteiger partial charge in [0.05, 0.1) is 10.9 Å². The zero-order valence-corrected chi connectivity index (χ0v) is 8.16. The van der Waals surface area contributed by atoms with Crippen LogP contribution in [0.2, 0.25) is 0 Å². The van der Waals surface area contributed by atoms with Gasteiger partial charge in [0.25, 0.3) is 5.56 Å². The molecule has 3 N–H and O–H groups in total. The third kappa shape index (κ3) is 1.74. The summed E-state index contributed by atoms with van der Waals surface area (Å²) in [6.07, 6.45) is 2.25. The highest BCUT2D eigenvalue weighted by Gasteiger charge is 2.02. The molecule has 0 saturated carbocycles. The van der Waals surface area contributed by atoms with E-state index in [0.29, 0.717) is 28.8 Å². The molecule has 0 spiro atoms. The van der Waals surface area contributed by atoms with Crippen LogP contribution < -0.4 is 11.3 Å². The molecule has 0 fully saturated rings. The first-order valence-corrected chi connectivity index (χ1v) is 4.60. The summed E-state index contributed by atoms with van der Waals surface area (Å²) >= 11 is 0. The molecule has 4 heteroatoms. The van der Waals surface area contributed by atoms with Crippen molar-refractivity contribution >= 4 is 16.6 Å². The van der Waals surface area contributed by atoms with Crippen molar-refractivity contribution in [1.29, 1.82) is 0 Å². The largest absolute Gasteiger partial charge is 0.399 e. The van der Waals surface area contributed by atoms with E-state index in [9.17, 15) is 4.79 Å². The van der Waals surface area contributed by atoms with Crippen LogP contribution in [0.5, 0.6) is 0 Å². The molecule has 0 atom stereocenters. The van der Waals surface area contributed by atoms with E-state index in [4.69, 9.17) is 5.73 Å². The average Bonchev–Trinajstić information content (AvgIpc) is 2.20. The standard InChI is InChI=1S/C11H11N3O/c1-2-3-10-13-9-5-4-7(12)6-8(9)11(15)14-10/h2,4-6H,1,3,12H2,(H,13,14,15). The lowest BCUT2D eigenvalue weighted by Crippen LogP contribution is -2.11. The molecule has 0 unspecified atom stereocenters. The van der Waals surface area contributed by atoms with E-state index < -0.39 is 0 Å². The zero-order valence-electron chi connectivity index (χ0n) is 8.16. The lowest BCUT2D eigenvalue weighted by atomic mass is 10.2. The van der Waals surface area contributed by atoms with Crippen LogP contribution in [0.1, 0.15) is 5.82 Å². The maximum atomic E-state index is 11.6. The molecule has 4 nitrogen and oxygen atoms in total. The monoisotopic (exact) mass is 201 g/mol. The number of hydrogen-bond acceptors (Lipinski definition) is 3. The van der Waals surface area contributed by atoms with E-state index in [2.05, 4.69) is 16.5 Å². The molecule has 0 bridgehead atoms. The smallest absolute Gasteiger partial charge is 0.258 e. The molecule has 1 aromatic heterocycles. The highest BCUT2D eigenvalue weighted by Crippen LogP contribution is 2.11. The van der Waals surface area contributed by atoms with E-state index in [1.165, 1.54) is 0 Å². The molecular formula is C11H11N3O. The van der Waals surface area contributed by atoms with Gasteiger partial charge in [0, 0.05) is 12.1 Å². The summed E-state index contributed by atoms with van der Waals surface area (Å²) in [5, 5.41) is 0.516. The first-order valence-electron chi connectivity index (χ1n) is 4.60. The van der Waals surface area contributed by atoms with Crippen molar-refractivity contribution in [3.63, 3.8) is 0 Å². The summed E-state index contributed by atoms with van der Waals surface area (Å²) in [6.45, 7) is 3.60. The second-order valence-electron chi connectivity index (χ2n) is 3.28. The SMILES string of the molecule is C=CCc1nc2ccc(N)cc2c(=O)[nH]1. The third-order valence-electron chi connectivity index (χ3n) is 2.12. The molecule has 15 heavy (non-hydrogen) atoms. The topological polar surface area (TPSA) is 71.8 Å². The van der Waals surface area contributed by atoms with Gasteiger partial charge in [0.15, 0.2) is 0 Å². The average molecular weight is 201 g/mol. The number of fused-ring (bicyclic) bond motifs is 1. The fourth-order valence-electron chi connectivity index (χ4n) is 1.44. The van der Waals surface area contributed by atoms with E-state index >= 15 is 0 Å². The lowest BCUT2D eigenvalue weighted by Gasteiger charge is -2.01. The van der Waals surface area contributed by atoms with Gasteiger partial charge in [-0.1, -0.05) is 6.08 Å². The van der Waals surface area contributed by atoms with Gasteiger partial charge in [0.2, 0.25) is 0 Å². The fraction of sp³-hybridized carbons (Fsp3) is 0.0909. The van der Waals surface area contributed by atoms with E-state index in [1.807, 2.05) is 0 Å². The molecule has 0 aliphatic heterocycles. The number of nitrogens with zero attached hydrogens (tertiary/aromatic N) is 1. The van der Waals surface area contributed by atoms with Gasteiger partial charge >= 0.3 is 0 Å². The summed E-state index contributed by atoms with van der Waals surface area (Å²) in [7, 11) is 0. The van der Waals surface area contributed by atoms with Crippen molar-refractivity contribution in [2.24, 2.45) is 0 Å². The number of nitrogens with two attached hydrogens (primary N) is 1. The van der Waals surface area contributed by atoms with Gasteiger partial charge in [-0.3, -0.25) is 4.79 Å². The number of aromatic amines is 1. The Balaban J connectivity index is 2.72. The van der Waals surface area contributed by atoms with E-state index in [-0.39, 0.29) is 5.56 Å². The molecule has 0 saturated heterocycles. The second kappa shape index (κ2) is 3.57. The van der Waals surface area contributed by atoms with Crippen LogP contribution in [-0.2, 0) is 6.42 Å². The Hall–Kier alpha value is -2.10. The summed E-state index contributed by atoms with van der Waals surface area (Å²) in [5.41, 5.74) is 6.65. The van der Waals surface area contributed by atoms with Gasteiger partial charge in [-0.15, -0.1) is 6.58 Å². The van der Waals surface area contributed by atoms with Crippen LogP contribution in [0, 0.1) is 0 Å². The van der Waals surface area contributed by atoms with E-state index in [1.54, 1.807) is 24.3 Å². The number of allylic oxidation sites excluding steroid dienone is 1. The van der Waals surface area contributed by atoms with Crippen LogP contribution in [0.4, 0.5) is 5.69 Å². The third-order valence-corrected chi connectivity index (χ3v) is 2.12. The van der Waals surface area contributed by atoms with Crippen LogP contribution in [0.25, 0.3) is 10.9 Å². The number of nitrogens with one attached hydrogen (secondary N) is 1. The molecule has 0 aliphatic rings. The highest BCUT2D eigenvalue weighted by atomic mass is 16.1. The molecule has 76 valence electrons. The Morgan fingerprint density at radius 1 is 1.53 bits per heavy atom. The quantitative estimate of drug-likeness (QED) is 0.567. The first-order chi connectivity index (χ1) is 7.20. The van der Waals surface area contributed by atoms with Crippen LogP contribution in [0.3, 0.4) is 0 Å². The van der Waals surface area contributed by atoms with Crippen molar-refractivity contribution in [3.05, 3.63) is 47.0 Å². The Labute approximate surface area is 86.5 Å². The molecule has 0 radical (unpaired) electrons. The molecule has 1 heterocycles. The van der Waals surface area contributed by atoms with Crippen LogP contribution >= 0.6 is 0 Å².